The third kappa shape index (κ3) is 3.09. The number of alkyl carbamates (subject to hydrolysis) is 1. The molecule has 0 radical (unpaired) electrons. The van der Waals surface area contributed by atoms with E-state index in [4.69, 9.17) is 0 Å². The summed E-state index contributed by atoms with van der Waals surface area (Å²) in [5, 5.41) is 2.67. The summed E-state index contributed by atoms with van der Waals surface area (Å²) in [6.45, 7) is 2.65. The van der Waals surface area contributed by atoms with E-state index in [0.29, 0.717) is 12.5 Å². The maximum absolute atomic E-state index is 10.8. The Labute approximate surface area is 84.1 Å². The zero-order valence-corrected chi connectivity index (χ0v) is 8.49. The summed E-state index contributed by atoms with van der Waals surface area (Å²) in [4.78, 5) is 10.8. The smallest absolute Gasteiger partial charge is 0.406 e. The Balaban J connectivity index is 2.43. The molecule has 0 spiro atoms. The molecule has 1 atom stereocenters. The predicted octanol–water partition coefficient (Wildman–Crippen LogP) is 2.15. The Morgan fingerprint density at radius 3 is 2.64 bits per heavy atom. The van der Waals surface area contributed by atoms with Gasteiger partial charge in [-0.1, -0.05) is 37.3 Å². The minimum absolute atomic E-state index is 0.301. The van der Waals surface area contributed by atoms with Crippen molar-refractivity contribution in [3.63, 3.8) is 0 Å². The Bertz CT molecular complexity index is 285. The van der Waals surface area contributed by atoms with Gasteiger partial charge in [0.05, 0.1) is 7.11 Å². The molecule has 0 aliphatic rings. The summed E-state index contributed by atoms with van der Waals surface area (Å²) >= 11 is 0. The zero-order valence-electron chi connectivity index (χ0n) is 8.49. The molecule has 14 heavy (non-hydrogen) atoms. The van der Waals surface area contributed by atoms with Gasteiger partial charge in [0, 0.05) is 6.54 Å². The second kappa shape index (κ2) is 5.27. The lowest BCUT2D eigenvalue weighted by molar-refractivity contribution is 0.170. The van der Waals surface area contributed by atoms with Gasteiger partial charge in [-0.15, -0.1) is 0 Å². The van der Waals surface area contributed by atoms with Gasteiger partial charge in [0.15, 0.2) is 0 Å². The normalized spacial score (nSPS) is 11.9. The minimum atomic E-state index is -0.382. The number of carbonyl (C=O) groups is 1. The molecular weight excluding hydrogens is 178 g/mol. The molecule has 1 rings (SSSR count). The van der Waals surface area contributed by atoms with Crippen LogP contribution >= 0.6 is 0 Å². The van der Waals surface area contributed by atoms with E-state index in [1.165, 1.54) is 12.7 Å². The van der Waals surface area contributed by atoms with E-state index in [0.717, 1.165) is 0 Å². The molecule has 1 aromatic carbocycles. The van der Waals surface area contributed by atoms with E-state index in [1.807, 2.05) is 30.3 Å². The molecule has 1 aromatic rings. The number of methoxy groups -OCH3 is 1. The summed E-state index contributed by atoms with van der Waals surface area (Å²) in [5.41, 5.74) is 1.21. The molecule has 1 unspecified atom stereocenters. The summed E-state index contributed by atoms with van der Waals surface area (Å²) in [7, 11) is 1.36. The monoisotopic (exact) mass is 193 g/mol. The van der Waals surface area contributed by atoms with Crippen LogP contribution in [0.1, 0.15) is 18.4 Å². The van der Waals surface area contributed by atoms with Crippen LogP contribution in [0.5, 0.6) is 0 Å². The highest BCUT2D eigenvalue weighted by atomic mass is 16.5. The van der Waals surface area contributed by atoms with Crippen LogP contribution in [0, 0.1) is 0 Å². The standard InChI is InChI=1S/C11H15NO2/c1-9(8-12-11(13)14-2)10-6-4-3-5-7-10/h3-7,9H,8H2,1-2H3,(H,12,13). The van der Waals surface area contributed by atoms with Gasteiger partial charge in [-0.05, 0) is 11.5 Å². The van der Waals surface area contributed by atoms with Crippen LogP contribution in [0.25, 0.3) is 0 Å². The van der Waals surface area contributed by atoms with Crippen molar-refractivity contribution in [3.05, 3.63) is 35.9 Å². The number of benzene rings is 1. The van der Waals surface area contributed by atoms with Gasteiger partial charge < -0.3 is 10.1 Å². The minimum Gasteiger partial charge on any atom is -0.453 e. The van der Waals surface area contributed by atoms with Crippen LogP contribution in [-0.4, -0.2) is 19.7 Å². The lowest BCUT2D eigenvalue weighted by Gasteiger charge is -2.11. The molecule has 0 aromatic heterocycles. The molecule has 0 aliphatic carbocycles. The molecule has 0 saturated carbocycles. The van der Waals surface area contributed by atoms with Crippen LogP contribution in [-0.2, 0) is 4.74 Å². The second-order valence-electron chi connectivity index (χ2n) is 3.18. The van der Waals surface area contributed by atoms with Crippen molar-refractivity contribution in [2.45, 2.75) is 12.8 Å². The first kappa shape index (κ1) is 10.6. The summed E-state index contributed by atoms with van der Waals surface area (Å²) in [6.07, 6.45) is -0.382. The molecule has 3 heteroatoms. The van der Waals surface area contributed by atoms with Crippen molar-refractivity contribution in [3.8, 4) is 0 Å². The van der Waals surface area contributed by atoms with Crippen molar-refractivity contribution < 1.29 is 9.53 Å². The molecule has 0 aliphatic heterocycles. The van der Waals surface area contributed by atoms with Crippen LogP contribution in [0.2, 0.25) is 0 Å². The Morgan fingerprint density at radius 1 is 1.43 bits per heavy atom. The van der Waals surface area contributed by atoms with Crippen LogP contribution in [0.3, 0.4) is 0 Å². The van der Waals surface area contributed by atoms with E-state index in [2.05, 4.69) is 17.0 Å². The van der Waals surface area contributed by atoms with Crippen molar-refractivity contribution in [2.24, 2.45) is 0 Å². The van der Waals surface area contributed by atoms with Crippen molar-refractivity contribution in [2.75, 3.05) is 13.7 Å². The molecule has 0 saturated heterocycles. The van der Waals surface area contributed by atoms with Crippen LogP contribution < -0.4 is 5.32 Å². The average Bonchev–Trinajstić information content (AvgIpc) is 2.26. The molecule has 1 amide bonds. The summed E-state index contributed by atoms with van der Waals surface area (Å²) in [6, 6.07) is 10.0. The second-order valence-corrected chi connectivity index (χ2v) is 3.18. The lowest BCUT2D eigenvalue weighted by Crippen LogP contribution is -2.27. The van der Waals surface area contributed by atoms with Crippen molar-refractivity contribution in [1.29, 1.82) is 0 Å². The van der Waals surface area contributed by atoms with Gasteiger partial charge in [0.25, 0.3) is 0 Å². The Hall–Kier alpha value is -1.51. The van der Waals surface area contributed by atoms with Gasteiger partial charge >= 0.3 is 6.09 Å². The number of hydrogen-bond donors (Lipinski definition) is 1. The van der Waals surface area contributed by atoms with Crippen molar-refractivity contribution >= 4 is 6.09 Å². The molecule has 3 nitrogen and oxygen atoms in total. The average molecular weight is 193 g/mol. The number of nitrogens with one attached hydrogen (secondary N) is 1. The van der Waals surface area contributed by atoms with Gasteiger partial charge in [-0.2, -0.15) is 0 Å². The number of hydrogen-bond acceptors (Lipinski definition) is 2. The van der Waals surface area contributed by atoms with Gasteiger partial charge in [-0.3, -0.25) is 0 Å². The number of rotatable bonds is 3. The molecule has 0 heterocycles. The maximum atomic E-state index is 10.8. The fourth-order valence-corrected chi connectivity index (χ4v) is 1.21. The van der Waals surface area contributed by atoms with E-state index in [-0.39, 0.29) is 6.09 Å². The van der Waals surface area contributed by atoms with E-state index < -0.39 is 0 Å². The molecule has 0 bridgehead atoms. The first-order valence-corrected chi connectivity index (χ1v) is 4.61. The fraction of sp³-hybridized carbons (Fsp3) is 0.364. The summed E-state index contributed by atoms with van der Waals surface area (Å²) < 4.78 is 4.49. The van der Waals surface area contributed by atoms with Gasteiger partial charge in [0.2, 0.25) is 0 Å². The lowest BCUT2D eigenvalue weighted by atomic mass is 10.0. The third-order valence-corrected chi connectivity index (χ3v) is 2.11. The first-order chi connectivity index (χ1) is 6.74. The predicted molar refractivity (Wildman–Crippen MR) is 55.3 cm³/mol. The molecule has 76 valence electrons. The SMILES string of the molecule is COC(=O)NCC(C)c1ccccc1. The highest BCUT2D eigenvalue weighted by molar-refractivity contribution is 5.66. The van der Waals surface area contributed by atoms with Crippen molar-refractivity contribution in [1.82, 2.24) is 5.32 Å². The first-order valence-electron chi connectivity index (χ1n) is 4.61. The number of carbonyl (C=O) groups excluding carboxylic acids is 1. The Morgan fingerprint density at radius 2 is 2.07 bits per heavy atom. The van der Waals surface area contributed by atoms with E-state index in [9.17, 15) is 4.79 Å². The topological polar surface area (TPSA) is 38.3 Å². The largest absolute Gasteiger partial charge is 0.453 e. The van der Waals surface area contributed by atoms with Gasteiger partial charge in [0.1, 0.15) is 0 Å². The molecule has 0 fully saturated rings. The quantitative estimate of drug-likeness (QED) is 0.798. The number of amides is 1. The highest BCUT2D eigenvalue weighted by Crippen LogP contribution is 2.12. The number of ether oxygens (including phenoxy) is 1. The summed E-state index contributed by atoms with van der Waals surface area (Å²) in [5.74, 6) is 0.301. The highest BCUT2D eigenvalue weighted by Gasteiger charge is 2.06. The maximum Gasteiger partial charge on any atom is 0.406 e. The Kier molecular flexibility index (Phi) is 3.98. The van der Waals surface area contributed by atoms with Crippen LogP contribution in [0.4, 0.5) is 4.79 Å². The van der Waals surface area contributed by atoms with E-state index >= 15 is 0 Å². The van der Waals surface area contributed by atoms with E-state index in [1.54, 1.807) is 0 Å². The fourth-order valence-electron chi connectivity index (χ4n) is 1.21. The van der Waals surface area contributed by atoms with Crippen LogP contribution in [0.15, 0.2) is 30.3 Å². The third-order valence-electron chi connectivity index (χ3n) is 2.11. The molecular formula is C11H15NO2. The zero-order chi connectivity index (χ0) is 10.4. The van der Waals surface area contributed by atoms with Gasteiger partial charge in [-0.25, -0.2) is 4.79 Å². The molecule has 1 N–H and O–H groups in total.